The Kier molecular flexibility index (Phi) is 8.35. The van der Waals surface area contributed by atoms with Crippen molar-refractivity contribution in [2.75, 3.05) is 10.6 Å². The second-order valence-electron chi connectivity index (χ2n) is 11.1. The number of carboxylic acid groups (broad SMARTS) is 1. The Labute approximate surface area is 231 Å². The summed E-state index contributed by atoms with van der Waals surface area (Å²) in [6.07, 6.45) is 3.55. The lowest BCUT2D eigenvalue weighted by Gasteiger charge is -2.37. The fourth-order valence-corrected chi connectivity index (χ4v) is 6.07. The first kappa shape index (κ1) is 30.3. The Hall–Kier alpha value is -3.23. The van der Waals surface area contributed by atoms with Crippen LogP contribution in [0.1, 0.15) is 75.5 Å². The Morgan fingerprint density at radius 2 is 1.79 bits per heavy atom. The smallest absolute Gasteiger partial charge is 0.337 e. The number of carbonyl (C=O) groups is 1. The maximum atomic E-state index is 15.5. The number of aliphatic carboxylic acids is 1. The molecule has 1 aliphatic heterocycles. The molecule has 39 heavy (non-hydrogen) atoms. The van der Waals surface area contributed by atoms with E-state index in [0.717, 1.165) is 17.4 Å². The molecule has 3 rings (SSSR count). The molecule has 1 atom stereocenters. The van der Waals surface area contributed by atoms with Crippen LogP contribution in [0.5, 0.6) is 0 Å². The first-order chi connectivity index (χ1) is 17.9. The predicted octanol–water partition coefficient (Wildman–Crippen LogP) is 7.26. The van der Waals surface area contributed by atoms with Crippen LogP contribution in [0.15, 0.2) is 48.1 Å². The number of hydrogen-bond acceptors (Lipinski definition) is 4. The maximum absolute atomic E-state index is 15.5. The van der Waals surface area contributed by atoms with E-state index in [4.69, 9.17) is 4.74 Å². The first-order valence-electron chi connectivity index (χ1n) is 12.7. The van der Waals surface area contributed by atoms with Crippen molar-refractivity contribution in [1.29, 1.82) is 0 Å². The van der Waals surface area contributed by atoms with Gasteiger partial charge in [-0.05, 0) is 94.9 Å². The first-order valence-corrected chi connectivity index (χ1v) is 14.6. The van der Waals surface area contributed by atoms with Crippen LogP contribution in [-0.4, -0.2) is 31.4 Å². The lowest BCUT2D eigenvalue weighted by atomic mass is 9.79. The average Bonchev–Trinajstić information content (AvgIpc) is 2.82. The van der Waals surface area contributed by atoms with Crippen molar-refractivity contribution in [3.8, 4) is 11.1 Å². The van der Waals surface area contributed by atoms with Gasteiger partial charge in [0.15, 0.2) is 6.10 Å². The summed E-state index contributed by atoms with van der Waals surface area (Å²) in [6, 6.07) is 4.61. The van der Waals surface area contributed by atoms with E-state index in [2.05, 4.69) is 6.58 Å². The number of anilines is 1. The SMILES string of the molecule is C=C(/C(C)=C\C(C)=C/C)c1c(C)c2c(c(C)c1[C@H](OC(C)(C)C)C(=O)O)N(S(C)(=O)=O)Cc1cccc(F)c1-2. The van der Waals surface area contributed by atoms with Gasteiger partial charge in [-0.25, -0.2) is 17.6 Å². The zero-order valence-electron chi connectivity index (χ0n) is 24.2. The molecule has 6 nitrogen and oxygen atoms in total. The summed E-state index contributed by atoms with van der Waals surface area (Å²) in [7, 11) is -3.82. The van der Waals surface area contributed by atoms with Crippen LogP contribution in [0.25, 0.3) is 16.7 Å². The molecule has 0 fully saturated rings. The van der Waals surface area contributed by atoms with E-state index in [9.17, 15) is 18.3 Å². The normalized spacial score (nSPS) is 15.1. The van der Waals surface area contributed by atoms with Crippen molar-refractivity contribution in [1.82, 2.24) is 0 Å². The van der Waals surface area contributed by atoms with Gasteiger partial charge < -0.3 is 9.84 Å². The molecule has 1 N–H and O–H groups in total. The third-order valence-electron chi connectivity index (χ3n) is 6.96. The number of benzene rings is 2. The van der Waals surface area contributed by atoms with E-state index >= 15 is 4.39 Å². The van der Waals surface area contributed by atoms with Gasteiger partial charge in [-0.2, -0.15) is 0 Å². The summed E-state index contributed by atoms with van der Waals surface area (Å²) >= 11 is 0. The zero-order valence-corrected chi connectivity index (χ0v) is 25.0. The molecule has 0 aromatic heterocycles. The van der Waals surface area contributed by atoms with E-state index in [1.165, 1.54) is 10.4 Å². The van der Waals surface area contributed by atoms with Crippen LogP contribution in [0, 0.1) is 19.7 Å². The molecule has 0 radical (unpaired) electrons. The number of ether oxygens (including phenoxy) is 1. The van der Waals surface area contributed by atoms with Crippen molar-refractivity contribution in [2.24, 2.45) is 0 Å². The molecule has 0 spiro atoms. The van der Waals surface area contributed by atoms with E-state index in [-0.39, 0.29) is 12.2 Å². The average molecular weight is 556 g/mol. The number of carboxylic acids is 1. The minimum absolute atomic E-state index is 0.0732. The van der Waals surface area contributed by atoms with Gasteiger partial charge in [-0.15, -0.1) is 0 Å². The number of rotatable bonds is 7. The summed E-state index contributed by atoms with van der Waals surface area (Å²) in [5, 5.41) is 10.4. The number of nitrogens with zero attached hydrogens (tertiary/aromatic N) is 1. The molecule has 0 unspecified atom stereocenters. The Bertz CT molecular complexity index is 1530. The summed E-state index contributed by atoms with van der Waals surface area (Å²) in [4.78, 5) is 12.7. The Morgan fingerprint density at radius 3 is 2.31 bits per heavy atom. The fourth-order valence-electron chi connectivity index (χ4n) is 5.13. The molecule has 1 aliphatic rings. The van der Waals surface area contributed by atoms with Crippen LogP contribution < -0.4 is 4.31 Å². The maximum Gasteiger partial charge on any atom is 0.337 e. The zero-order chi connectivity index (χ0) is 29.6. The van der Waals surface area contributed by atoms with Gasteiger partial charge in [0.1, 0.15) is 5.82 Å². The molecule has 8 heteroatoms. The number of allylic oxidation sites excluding steroid dienone is 5. The molecule has 0 amide bonds. The van der Waals surface area contributed by atoms with Crippen LogP contribution in [-0.2, 0) is 26.1 Å². The standard InChI is InChI=1S/C31H38FNO5S/c1-11-17(2)15-18(3)19(4)24-20(5)25-27-22(13-12-14-23(27)32)16-33(39(10,36)37)28(25)21(6)26(24)29(30(34)35)38-31(7,8)9/h11-15,29H,4,16H2,1-3,5-10H3,(H,34,35)/b17-11-,18-15-/t29-/m0/s1. The van der Waals surface area contributed by atoms with Gasteiger partial charge in [0.25, 0.3) is 0 Å². The highest BCUT2D eigenvalue weighted by Gasteiger charge is 2.39. The van der Waals surface area contributed by atoms with E-state index < -0.39 is 33.5 Å². The lowest BCUT2D eigenvalue weighted by Crippen LogP contribution is -2.35. The molecular formula is C31H38FNO5S. The van der Waals surface area contributed by atoms with Crippen LogP contribution in [0.4, 0.5) is 10.1 Å². The lowest BCUT2D eigenvalue weighted by molar-refractivity contribution is -0.160. The highest BCUT2D eigenvalue weighted by Crippen LogP contribution is 2.51. The predicted molar refractivity (Wildman–Crippen MR) is 156 cm³/mol. The molecule has 0 bridgehead atoms. The number of halogens is 1. The highest BCUT2D eigenvalue weighted by atomic mass is 32.2. The molecule has 1 heterocycles. The number of sulfonamides is 1. The Morgan fingerprint density at radius 1 is 1.18 bits per heavy atom. The van der Waals surface area contributed by atoms with Gasteiger partial charge in [-0.3, -0.25) is 4.31 Å². The molecule has 0 saturated heterocycles. The Balaban J connectivity index is 2.61. The van der Waals surface area contributed by atoms with Crippen LogP contribution in [0.2, 0.25) is 0 Å². The third-order valence-corrected chi connectivity index (χ3v) is 8.08. The van der Waals surface area contributed by atoms with Crippen molar-refractivity contribution in [3.63, 3.8) is 0 Å². The van der Waals surface area contributed by atoms with Crippen molar-refractivity contribution < 1.29 is 27.4 Å². The molecule has 0 saturated carbocycles. The van der Waals surface area contributed by atoms with Gasteiger partial charge in [-0.1, -0.05) is 36.4 Å². The van der Waals surface area contributed by atoms with Crippen LogP contribution >= 0.6 is 0 Å². The van der Waals surface area contributed by atoms with E-state index in [1.807, 2.05) is 32.9 Å². The van der Waals surface area contributed by atoms with E-state index in [1.54, 1.807) is 46.8 Å². The molecule has 0 aliphatic carbocycles. The van der Waals surface area contributed by atoms with Gasteiger partial charge >= 0.3 is 5.97 Å². The summed E-state index contributed by atoms with van der Waals surface area (Å²) in [6.45, 7) is 18.7. The van der Waals surface area contributed by atoms with Gasteiger partial charge in [0.05, 0.1) is 24.1 Å². The molecule has 2 aromatic carbocycles. The van der Waals surface area contributed by atoms with Crippen molar-refractivity contribution >= 4 is 27.3 Å². The highest BCUT2D eigenvalue weighted by molar-refractivity contribution is 7.92. The number of hydrogen-bond donors (Lipinski definition) is 1. The van der Waals surface area contributed by atoms with Crippen LogP contribution in [0.3, 0.4) is 0 Å². The molecule has 210 valence electrons. The molecular weight excluding hydrogens is 517 g/mol. The van der Waals surface area contributed by atoms with Gasteiger partial charge in [0, 0.05) is 16.7 Å². The van der Waals surface area contributed by atoms with E-state index in [0.29, 0.717) is 44.5 Å². The third kappa shape index (κ3) is 5.87. The largest absolute Gasteiger partial charge is 0.479 e. The van der Waals surface area contributed by atoms with Gasteiger partial charge in [0.2, 0.25) is 10.0 Å². The second-order valence-corrected chi connectivity index (χ2v) is 13.0. The summed E-state index contributed by atoms with van der Waals surface area (Å²) in [5.41, 5.74) is 4.72. The summed E-state index contributed by atoms with van der Waals surface area (Å²) in [5.74, 6) is -1.70. The topological polar surface area (TPSA) is 83.9 Å². The fraction of sp³-hybridized carbons (Fsp3) is 0.387. The number of fused-ring (bicyclic) bond motifs is 3. The minimum atomic E-state index is -3.82. The van der Waals surface area contributed by atoms with Crippen molar-refractivity contribution in [2.45, 2.75) is 73.6 Å². The molecule has 2 aromatic rings. The summed E-state index contributed by atoms with van der Waals surface area (Å²) < 4.78 is 49.0. The minimum Gasteiger partial charge on any atom is -0.479 e. The monoisotopic (exact) mass is 555 g/mol. The second kappa shape index (κ2) is 10.7. The van der Waals surface area contributed by atoms with Crippen molar-refractivity contribution in [3.05, 3.63) is 81.7 Å². The quantitative estimate of drug-likeness (QED) is 0.364.